The number of nitrogens with two attached hydrogens (primary N) is 1. The number of likely N-dealkylation sites (tertiary alicyclic amines) is 1. The Balaban J connectivity index is 2.20. The molecule has 4 nitrogen and oxygen atoms in total. The lowest BCUT2D eigenvalue weighted by Crippen LogP contribution is -2.17. The third-order valence-electron chi connectivity index (χ3n) is 3.09. The summed E-state index contributed by atoms with van der Waals surface area (Å²) in [7, 11) is 2.14. The van der Waals surface area contributed by atoms with Gasteiger partial charge in [-0.1, -0.05) is 0 Å². The van der Waals surface area contributed by atoms with Crippen molar-refractivity contribution in [1.29, 1.82) is 0 Å². The van der Waals surface area contributed by atoms with E-state index in [0.717, 1.165) is 6.54 Å². The summed E-state index contributed by atoms with van der Waals surface area (Å²) >= 11 is 0. The monoisotopic (exact) mass is 221 g/mol. The molecule has 1 aromatic rings. The van der Waals surface area contributed by atoms with E-state index in [9.17, 15) is 0 Å². The Kier molecular flexibility index (Phi) is 3.29. The number of hydrogen-bond donors (Lipinski definition) is 1. The molecule has 2 rings (SSSR count). The van der Waals surface area contributed by atoms with Gasteiger partial charge in [-0.3, -0.25) is 4.90 Å². The first kappa shape index (κ1) is 11.2. The van der Waals surface area contributed by atoms with Crippen molar-refractivity contribution in [3.8, 4) is 5.88 Å². The molecule has 0 bridgehead atoms. The normalized spacial score (nSPS) is 21.2. The molecule has 1 aromatic heterocycles. The molecule has 0 spiro atoms. The first-order chi connectivity index (χ1) is 7.72. The van der Waals surface area contributed by atoms with Crippen LogP contribution in [0.4, 0.5) is 5.69 Å². The summed E-state index contributed by atoms with van der Waals surface area (Å²) in [5, 5.41) is 0. The van der Waals surface area contributed by atoms with Crippen molar-refractivity contribution < 1.29 is 4.74 Å². The Morgan fingerprint density at radius 1 is 1.62 bits per heavy atom. The quantitative estimate of drug-likeness (QED) is 0.846. The first-order valence-corrected chi connectivity index (χ1v) is 5.80. The molecule has 0 aromatic carbocycles. The lowest BCUT2D eigenvalue weighted by atomic mass is 10.1. The Hall–Kier alpha value is -1.29. The molecule has 0 saturated carbocycles. The minimum absolute atomic E-state index is 0.463. The van der Waals surface area contributed by atoms with Gasteiger partial charge in [0, 0.05) is 12.2 Å². The zero-order chi connectivity index (χ0) is 11.5. The number of nitrogen functional groups attached to an aromatic ring is 1. The van der Waals surface area contributed by atoms with E-state index in [1.807, 2.05) is 19.2 Å². The van der Waals surface area contributed by atoms with Crippen molar-refractivity contribution in [2.75, 3.05) is 25.9 Å². The zero-order valence-corrected chi connectivity index (χ0v) is 9.94. The number of aromatic nitrogens is 1. The Morgan fingerprint density at radius 3 is 3.00 bits per heavy atom. The maximum Gasteiger partial charge on any atom is 0.237 e. The maximum atomic E-state index is 5.91. The highest BCUT2D eigenvalue weighted by atomic mass is 16.5. The van der Waals surface area contributed by atoms with Crippen LogP contribution in [-0.4, -0.2) is 30.1 Å². The summed E-state index contributed by atoms with van der Waals surface area (Å²) in [5.41, 5.74) is 7.75. The van der Waals surface area contributed by atoms with E-state index in [0.29, 0.717) is 24.2 Å². The van der Waals surface area contributed by atoms with E-state index in [-0.39, 0.29) is 0 Å². The lowest BCUT2D eigenvalue weighted by molar-refractivity contribution is 0.313. The fourth-order valence-electron chi connectivity index (χ4n) is 2.26. The van der Waals surface area contributed by atoms with Crippen LogP contribution >= 0.6 is 0 Å². The minimum atomic E-state index is 0.463. The van der Waals surface area contributed by atoms with Crippen LogP contribution in [0.25, 0.3) is 0 Å². The van der Waals surface area contributed by atoms with Crippen LogP contribution in [-0.2, 0) is 0 Å². The highest BCUT2D eigenvalue weighted by Crippen LogP contribution is 2.32. The second-order valence-corrected chi connectivity index (χ2v) is 4.23. The maximum absolute atomic E-state index is 5.91. The molecule has 0 amide bonds. The molecule has 88 valence electrons. The van der Waals surface area contributed by atoms with Crippen LogP contribution in [0, 0.1) is 0 Å². The summed E-state index contributed by atoms with van der Waals surface area (Å²) in [4.78, 5) is 6.62. The van der Waals surface area contributed by atoms with Gasteiger partial charge in [-0.2, -0.15) is 0 Å². The highest BCUT2D eigenvalue weighted by Gasteiger charge is 2.23. The molecule has 0 radical (unpaired) electrons. The van der Waals surface area contributed by atoms with E-state index in [2.05, 4.69) is 16.9 Å². The lowest BCUT2D eigenvalue weighted by Gasteiger charge is -2.20. The fourth-order valence-corrected chi connectivity index (χ4v) is 2.26. The predicted octanol–water partition coefficient (Wildman–Crippen LogP) is 1.83. The van der Waals surface area contributed by atoms with Crippen molar-refractivity contribution in [2.24, 2.45) is 0 Å². The van der Waals surface area contributed by atoms with Crippen LogP contribution in [0.15, 0.2) is 12.3 Å². The van der Waals surface area contributed by atoms with Gasteiger partial charge in [-0.25, -0.2) is 4.98 Å². The molecule has 1 saturated heterocycles. The fraction of sp³-hybridized carbons (Fsp3) is 0.583. The number of pyridine rings is 1. The number of rotatable bonds is 3. The van der Waals surface area contributed by atoms with Gasteiger partial charge in [0.25, 0.3) is 0 Å². The molecule has 0 aliphatic carbocycles. The Morgan fingerprint density at radius 2 is 2.44 bits per heavy atom. The second-order valence-electron chi connectivity index (χ2n) is 4.23. The number of nitrogens with zero attached hydrogens (tertiary/aromatic N) is 2. The first-order valence-electron chi connectivity index (χ1n) is 5.80. The van der Waals surface area contributed by atoms with Crippen molar-refractivity contribution in [1.82, 2.24) is 9.88 Å². The van der Waals surface area contributed by atoms with Gasteiger partial charge in [-0.15, -0.1) is 0 Å². The molecule has 1 unspecified atom stereocenters. The van der Waals surface area contributed by atoms with Gasteiger partial charge < -0.3 is 10.5 Å². The van der Waals surface area contributed by atoms with Crippen LogP contribution in [0.5, 0.6) is 5.88 Å². The summed E-state index contributed by atoms with van der Waals surface area (Å²) in [6.07, 6.45) is 4.31. The third kappa shape index (κ3) is 2.11. The van der Waals surface area contributed by atoms with Gasteiger partial charge in [0.15, 0.2) is 0 Å². The molecule has 1 aliphatic heterocycles. The standard InChI is InChI=1S/C12H19N3O/c1-3-16-12-10(13)7-9(8-14-12)11-5-4-6-15(11)2/h7-8,11H,3-6,13H2,1-2H3. The van der Waals surface area contributed by atoms with Gasteiger partial charge >= 0.3 is 0 Å². The molecule has 2 heterocycles. The van der Waals surface area contributed by atoms with E-state index in [4.69, 9.17) is 10.5 Å². The van der Waals surface area contributed by atoms with E-state index in [1.165, 1.54) is 18.4 Å². The van der Waals surface area contributed by atoms with Crippen LogP contribution in [0.2, 0.25) is 0 Å². The average Bonchev–Trinajstić information content (AvgIpc) is 2.68. The van der Waals surface area contributed by atoms with E-state index < -0.39 is 0 Å². The van der Waals surface area contributed by atoms with Crippen LogP contribution in [0.3, 0.4) is 0 Å². The molecule has 1 fully saturated rings. The predicted molar refractivity (Wildman–Crippen MR) is 64.4 cm³/mol. The van der Waals surface area contributed by atoms with Crippen LogP contribution < -0.4 is 10.5 Å². The molecule has 1 atom stereocenters. The topological polar surface area (TPSA) is 51.4 Å². The summed E-state index contributed by atoms with van der Waals surface area (Å²) < 4.78 is 5.33. The van der Waals surface area contributed by atoms with E-state index >= 15 is 0 Å². The average molecular weight is 221 g/mol. The molecule has 16 heavy (non-hydrogen) atoms. The third-order valence-corrected chi connectivity index (χ3v) is 3.09. The molecule has 4 heteroatoms. The van der Waals surface area contributed by atoms with Gasteiger partial charge in [0.05, 0.1) is 12.3 Å². The minimum Gasteiger partial charge on any atom is -0.477 e. The summed E-state index contributed by atoms with van der Waals surface area (Å²) in [5.74, 6) is 0.548. The van der Waals surface area contributed by atoms with Gasteiger partial charge in [-0.05, 0) is 45.0 Å². The SMILES string of the molecule is CCOc1ncc(C2CCCN2C)cc1N. The Labute approximate surface area is 96.4 Å². The number of hydrogen-bond acceptors (Lipinski definition) is 4. The molecular formula is C12H19N3O. The van der Waals surface area contributed by atoms with E-state index in [1.54, 1.807) is 0 Å². The number of ether oxygens (including phenoxy) is 1. The van der Waals surface area contributed by atoms with Gasteiger partial charge in [0.1, 0.15) is 0 Å². The Bertz CT molecular complexity index is 367. The van der Waals surface area contributed by atoms with Crippen molar-refractivity contribution in [3.05, 3.63) is 17.8 Å². The number of anilines is 1. The van der Waals surface area contributed by atoms with Gasteiger partial charge in [0.2, 0.25) is 5.88 Å². The molecule has 2 N–H and O–H groups in total. The molecular weight excluding hydrogens is 202 g/mol. The largest absolute Gasteiger partial charge is 0.477 e. The van der Waals surface area contributed by atoms with Crippen molar-refractivity contribution in [3.63, 3.8) is 0 Å². The summed E-state index contributed by atoms with van der Waals surface area (Å²) in [6.45, 7) is 3.68. The molecule has 1 aliphatic rings. The zero-order valence-electron chi connectivity index (χ0n) is 9.94. The van der Waals surface area contributed by atoms with Crippen molar-refractivity contribution in [2.45, 2.75) is 25.8 Å². The summed E-state index contributed by atoms with van der Waals surface area (Å²) in [6, 6.07) is 2.45. The highest BCUT2D eigenvalue weighted by molar-refractivity contribution is 5.50. The van der Waals surface area contributed by atoms with Crippen LogP contribution in [0.1, 0.15) is 31.4 Å². The van der Waals surface area contributed by atoms with Crippen molar-refractivity contribution >= 4 is 5.69 Å². The second kappa shape index (κ2) is 4.70. The smallest absolute Gasteiger partial charge is 0.237 e.